The number of esters is 1. The zero-order valence-electron chi connectivity index (χ0n) is 15.3. The second-order valence-electron chi connectivity index (χ2n) is 5.75. The van der Waals surface area contributed by atoms with Gasteiger partial charge in [-0.05, 0) is 44.5 Å². The molecule has 1 aromatic carbocycles. The molecule has 1 aromatic heterocycles. The van der Waals surface area contributed by atoms with Crippen molar-refractivity contribution in [2.45, 2.75) is 31.6 Å². The smallest absolute Gasteiger partial charge is 0.341 e. The van der Waals surface area contributed by atoms with Crippen LogP contribution in [-0.4, -0.2) is 32.5 Å². The molecule has 0 radical (unpaired) electrons. The average molecular weight is 387 g/mol. The second-order valence-corrected chi connectivity index (χ2v) is 7.61. The Labute approximate surface area is 159 Å². The van der Waals surface area contributed by atoms with Crippen LogP contribution in [0.3, 0.4) is 0 Å². The van der Waals surface area contributed by atoms with Crippen LogP contribution < -0.4 is 4.31 Å². The van der Waals surface area contributed by atoms with Gasteiger partial charge in [-0.2, -0.15) is 5.26 Å². The maximum atomic E-state index is 13.2. The van der Waals surface area contributed by atoms with E-state index in [-0.39, 0.29) is 35.8 Å². The number of aromatic nitrogens is 1. The summed E-state index contributed by atoms with van der Waals surface area (Å²) in [6.07, 6.45) is 1.90. The van der Waals surface area contributed by atoms with Gasteiger partial charge in [-0.3, -0.25) is 0 Å². The maximum absolute atomic E-state index is 13.2. The average Bonchev–Trinajstić information content (AvgIpc) is 2.66. The van der Waals surface area contributed by atoms with Crippen molar-refractivity contribution in [1.29, 1.82) is 5.26 Å². The molecular formula is C19H21N3O4S. The van der Waals surface area contributed by atoms with Crippen molar-refractivity contribution in [3.05, 3.63) is 53.7 Å². The number of pyridine rings is 1. The topological polar surface area (TPSA) is 100 Å². The predicted molar refractivity (Wildman–Crippen MR) is 101 cm³/mol. The van der Waals surface area contributed by atoms with Crippen molar-refractivity contribution in [1.82, 2.24) is 4.98 Å². The summed E-state index contributed by atoms with van der Waals surface area (Å²) in [6.45, 7) is 3.71. The molecule has 142 valence electrons. The van der Waals surface area contributed by atoms with Gasteiger partial charge < -0.3 is 4.74 Å². The van der Waals surface area contributed by atoms with Gasteiger partial charge in [0.1, 0.15) is 5.56 Å². The predicted octanol–water partition coefficient (Wildman–Crippen LogP) is 3.07. The molecule has 0 N–H and O–H groups in total. The second kappa shape index (κ2) is 9.14. The van der Waals surface area contributed by atoms with Crippen LogP contribution in [0.1, 0.15) is 35.7 Å². The van der Waals surface area contributed by atoms with Crippen LogP contribution in [0.15, 0.2) is 47.5 Å². The van der Waals surface area contributed by atoms with E-state index in [9.17, 15) is 13.2 Å². The van der Waals surface area contributed by atoms with E-state index in [1.54, 1.807) is 25.1 Å². The Kier molecular flexibility index (Phi) is 6.91. The van der Waals surface area contributed by atoms with Crippen LogP contribution in [0, 0.1) is 18.3 Å². The maximum Gasteiger partial charge on any atom is 0.341 e. The summed E-state index contributed by atoms with van der Waals surface area (Å²) in [5.74, 6) is -0.653. The number of rotatable bonds is 8. The van der Waals surface area contributed by atoms with Crippen LogP contribution in [0.25, 0.3) is 0 Å². The SMILES string of the molecule is CCOC(=O)c1cccnc1N(CCCC#N)S(=O)(=O)c1ccc(C)cc1. The Bertz CT molecular complexity index is 934. The first-order valence-electron chi connectivity index (χ1n) is 8.50. The third kappa shape index (κ3) is 4.83. The van der Waals surface area contributed by atoms with Gasteiger partial charge in [0.2, 0.25) is 0 Å². The van der Waals surface area contributed by atoms with Gasteiger partial charge in [-0.25, -0.2) is 22.5 Å². The first kappa shape index (κ1) is 20.4. The Morgan fingerprint density at radius 1 is 1.26 bits per heavy atom. The van der Waals surface area contributed by atoms with E-state index in [1.165, 1.54) is 24.4 Å². The molecule has 0 amide bonds. The zero-order chi connectivity index (χ0) is 19.9. The van der Waals surface area contributed by atoms with Crippen molar-refractivity contribution in [2.24, 2.45) is 0 Å². The molecule has 7 nitrogen and oxygen atoms in total. The Morgan fingerprint density at radius 3 is 2.59 bits per heavy atom. The molecular weight excluding hydrogens is 366 g/mol. The number of ether oxygens (including phenoxy) is 1. The van der Waals surface area contributed by atoms with Gasteiger partial charge in [0, 0.05) is 19.2 Å². The molecule has 27 heavy (non-hydrogen) atoms. The standard InChI is InChI=1S/C19H21N3O4S/c1-3-26-19(23)17-7-6-13-21-18(17)22(14-5-4-12-20)27(24,25)16-10-8-15(2)9-11-16/h6-11,13H,3-5,14H2,1-2H3. The highest BCUT2D eigenvalue weighted by atomic mass is 32.2. The molecule has 2 aromatic rings. The normalized spacial score (nSPS) is 10.9. The van der Waals surface area contributed by atoms with Crippen molar-refractivity contribution in [2.75, 3.05) is 17.5 Å². The summed E-state index contributed by atoms with van der Waals surface area (Å²) in [7, 11) is -3.97. The fraction of sp³-hybridized carbons (Fsp3) is 0.316. The van der Waals surface area contributed by atoms with E-state index < -0.39 is 16.0 Å². The van der Waals surface area contributed by atoms with Gasteiger partial charge in [0.25, 0.3) is 10.0 Å². The molecule has 0 fully saturated rings. The summed E-state index contributed by atoms with van der Waals surface area (Å²) in [4.78, 5) is 16.5. The molecule has 2 rings (SSSR count). The van der Waals surface area contributed by atoms with Crippen molar-refractivity contribution >= 4 is 21.8 Å². The number of hydrogen-bond acceptors (Lipinski definition) is 6. The van der Waals surface area contributed by atoms with Gasteiger partial charge in [-0.15, -0.1) is 0 Å². The van der Waals surface area contributed by atoms with Crippen molar-refractivity contribution < 1.29 is 17.9 Å². The van der Waals surface area contributed by atoms with E-state index >= 15 is 0 Å². The fourth-order valence-electron chi connectivity index (χ4n) is 2.44. The monoisotopic (exact) mass is 387 g/mol. The lowest BCUT2D eigenvalue weighted by Gasteiger charge is -2.24. The van der Waals surface area contributed by atoms with Crippen LogP contribution >= 0.6 is 0 Å². The number of nitriles is 1. The minimum atomic E-state index is -3.97. The van der Waals surface area contributed by atoms with Gasteiger partial charge in [0.05, 0.1) is 17.6 Å². The molecule has 0 saturated heterocycles. The molecule has 8 heteroatoms. The molecule has 0 saturated carbocycles. The molecule has 0 aliphatic rings. The van der Waals surface area contributed by atoms with E-state index in [1.807, 2.05) is 13.0 Å². The van der Waals surface area contributed by atoms with Crippen LogP contribution in [0.5, 0.6) is 0 Å². The van der Waals surface area contributed by atoms with Gasteiger partial charge >= 0.3 is 5.97 Å². The molecule has 0 atom stereocenters. The highest BCUT2D eigenvalue weighted by Gasteiger charge is 2.29. The van der Waals surface area contributed by atoms with Crippen LogP contribution in [0.4, 0.5) is 5.82 Å². The number of anilines is 1. The minimum absolute atomic E-state index is 0.00513. The number of carbonyl (C=O) groups is 1. The summed E-state index contributed by atoms with van der Waals surface area (Å²) >= 11 is 0. The van der Waals surface area contributed by atoms with E-state index in [2.05, 4.69) is 4.98 Å². The first-order chi connectivity index (χ1) is 12.9. The lowest BCUT2D eigenvalue weighted by Crippen LogP contribution is -2.34. The number of unbranched alkanes of at least 4 members (excludes halogenated alkanes) is 1. The number of sulfonamides is 1. The summed E-state index contributed by atoms with van der Waals surface area (Å²) in [5.41, 5.74) is 0.988. The van der Waals surface area contributed by atoms with E-state index in [0.29, 0.717) is 6.42 Å². The summed E-state index contributed by atoms with van der Waals surface area (Å²) < 4.78 is 32.5. The largest absolute Gasteiger partial charge is 0.462 e. The van der Waals surface area contributed by atoms with Crippen molar-refractivity contribution in [3.8, 4) is 6.07 Å². The number of nitrogens with zero attached hydrogens (tertiary/aromatic N) is 3. The number of carbonyl (C=O) groups excluding carboxylic acids is 1. The lowest BCUT2D eigenvalue weighted by atomic mass is 10.2. The number of benzene rings is 1. The van der Waals surface area contributed by atoms with E-state index in [4.69, 9.17) is 10.00 Å². The highest BCUT2D eigenvalue weighted by molar-refractivity contribution is 7.92. The van der Waals surface area contributed by atoms with Gasteiger partial charge in [-0.1, -0.05) is 17.7 Å². The van der Waals surface area contributed by atoms with Crippen LogP contribution in [-0.2, 0) is 14.8 Å². The van der Waals surface area contributed by atoms with Crippen LogP contribution in [0.2, 0.25) is 0 Å². The molecule has 0 unspecified atom stereocenters. The Morgan fingerprint density at radius 2 is 1.96 bits per heavy atom. The highest BCUT2D eigenvalue weighted by Crippen LogP contribution is 2.26. The lowest BCUT2D eigenvalue weighted by molar-refractivity contribution is 0.0527. The van der Waals surface area contributed by atoms with E-state index in [0.717, 1.165) is 9.87 Å². The minimum Gasteiger partial charge on any atom is -0.462 e. The summed E-state index contributed by atoms with van der Waals surface area (Å²) in [5, 5.41) is 8.81. The third-order valence-electron chi connectivity index (χ3n) is 3.78. The fourth-order valence-corrected chi connectivity index (χ4v) is 3.92. The molecule has 0 bridgehead atoms. The molecule has 0 aliphatic heterocycles. The Balaban J connectivity index is 2.54. The quantitative estimate of drug-likeness (QED) is 0.510. The molecule has 0 aliphatic carbocycles. The first-order valence-corrected chi connectivity index (χ1v) is 9.94. The van der Waals surface area contributed by atoms with Crippen molar-refractivity contribution in [3.63, 3.8) is 0 Å². The number of hydrogen-bond donors (Lipinski definition) is 0. The molecule has 1 heterocycles. The third-order valence-corrected chi connectivity index (χ3v) is 5.58. The Hall–Kier alpha value is -2.92. The van der Waals surface area contributed by atoms with Gasteiger partial charge in [0.15, 0.2) is 5.82 Å². The number of aryl methyl sites for hydroxylation is 1. The molecule has 0 spiro atoms. The summed E-state index contributed by atoms with van der Waals surface area (Å²) in [6, 6.07) is 11.4. The zero-order valence-corrected chi connectivity index (χ0v) is 16.1.